The Bertz CT molecular complexity index is 838. The lowest BCUT2D eigenvalue weighted by Gasteiger charge is -2.35. The number of nitrogens with zero attached hydrogens (tertiary/aromatic N) is 2. The van der Waals surface area contributed by atoms with E-state index in [2.05, 4.69) is 10.2 Å². The third kappa shape index (κ3) is 5.34. The van der Waals surface area contributed by atoms with Crippen molar-refractivity contribution in [3.8, 4) is 11.5 Å². The van der Waals surface area contributed by atoms with Gasteiger partial charge >= 0.3 is 6.03 Å². The fourth-order valence-electron chi connectivity index (χ4n) is 3.54. The molecule has 6 nitrogen and oxygen atoms in total. The highest BCUT2D eigenvalue weighted by Gasteiger charge is 2.23. The lowest BCUT2D eigenvalue weighted by Crippen LogP contribution is -2.51. The van der Waals surface area contributed by atoms with E-state index in [-0.39, 0.29) is 12.1 Å². The number of piperazine rings is 1. The summed E-state index contributed by atoms with van der Waals surface area (Å²) in [6, 6.07) is 13.2. The third-order valence-corrected chi connectivity index (χ3v) is 5.60. The molecule has 1 atom stereocenters. The number of carbonyl (C=O) groups excluding carboxylic acids is 1. The molecule has 29 heavy (non-hydrogen) atoms. The van der Waals surface area contributed by atoms with Crippen molar-refractivity contribution in [3.63, 3.8) is 0 Å². The van der Waals surface area contributed by atoms with Crippen LogP contribution in [0.2, 0.25) is 5.02 Å². The smallest absolute Gasteiger partial charge is 0.317 e. The van der Waals surface area contributed by atoms with Crippen LogP contribution in [0.4, 0.5) is 4.79 Å². The Morgan fingerprint density at radius 3 is 2.48 bits per heavy atom. The van der Waals surface area contributed by atoms with Crippen molar-refractivity contribution in [2.75, 3.05) is 40.4 Å². The zero-order valence-electron chi connectivity index (χ0n) is 17.2. The number of methoxy groups -OCH3 is 2. The summed E-state index contributed by atoms with van der Waals surface area (Å²) in [6.45, 7) is 5.65. The van der Waals surface area contributed by atoms with E-state index in [0.717, 1.165) is 42.3 Å². The van der Waals surface area contributed by atoms with Crippen LogP contribution in [0, 0.1) is 0 Å². The van der Waals surface area contributed by atoms with Gasteiger partial charge in [0.2, 0.25) is 0 Å². The van der Waals surface area contributed by atoms with E-state index in [1.54, 1.807) is 14.2 Å². The molecule has 1 saturated heterocycles. The Morgan fingerprint density at radius 2 is 1.83 bits per heavy atom. The summed E-state index contributed by atoms with van der Waals surface area (Å²) >= 11 is 6.24. The Hall–Kier alpha value is -2.44. The van der Waals surface area contributed by atoms with Gasteiger partial charge in [0.1, 0.15) is 11.5 Å². The van der Waals surface area contributed by atoms with Crippen LogP contribution in [-0.2, 0) is 6.54 Å². The number of amides is 2. The maximum Gasteiger partial charge on any atom is 0.317 e. The predicted octanol–water partition coefficient (Wildman–Crippen LogP) is 3.95. The lowest BCUT2D eigenvalue weighted by molar-refractivity contribution is 0.133. The average Bonchev–Trinajstić information content (AvgIpc) is 2.74. The third-order valence-electron chi connectivity index (χ3n) is 5.25. The number of carbonyl (C=O) groups is 1. The highest BCUT2D eigenvalue weighted by Crippen LogP contribution is 2.26. The minimum Gasteiger partial charge on any atom is -0.497 e. The first-order valence-corrected chi connectivity index (χ1v) is 10.1. The number of halogens is 1. The van der Waals surface area contributed by atoms with E-state index < -0.39 is 0 Å². The van der Waals surface area contributed by atoms with Gasteiger partial charge in [0.05, 0.1) is 20.3 Å². The van der Waals surface area contributed by atoms with Crippen molar-refractivity contribution in [2.45, 2.75) is 19.5 Å². The predicted molar refractivity (Wildman–Crippen MR) is 115 cm³/mol. The molecule has 0 aromatic heterocycles. The molecule has 0 bridgehead atoms. The molecule has 0 aliphatic carbocycles. The van der Waals surface area contributed by atoms with Crippen LogP contribution in [0.1, 0.15) is 24.1 Å². The van der Waals surface area contributed by atoms with Crippen LogP contribution >= 0.6 is 11.6 Å². The quantitative estimate of drug-likeness (QED) is 0.773. The van der Waals surface area contributed by atoms with Gasteiger partial charge in [-0.15, -0.1) is 0 Å². The van der Waals surface area contributed by atoms with Gasteiger partial charge in [0.25, 0.3) is 0 Å². The Balaban J connectivity index is 1.54. The highest BCUT2D eigenvalue weighted by molar-refractivity contribution is 6.31. The summed E-state index contributed by atoms with van der Waals surface area (Å²) in [6.07, 6.45) is 0. The molecule has 2 aromatic carbocycles. The molecule has 0 spiro atoms. The Morgan fingerprint density at radius 1 is 1.10 bits per heavy atom. The average molecular weight is 418 g/mol. The molecule has 1 heterocycles. The van der Waals surface area contributed by atoms with Crippen LogP contribution in [0.5, 0.6) is 11.5 Å². The molecule has 1 unspecified atom stereocenters. The molecule has 2 amide bonds. The van der Waals surface area contributed by atoms with Gasteiger partial charge in [-0.1, -0.05) is 29.8 Å². The first kappa shape index (κ1) is 21.3. The minimum absolute atomic E-state index is 0.0592. The van der Waals surface area contributed by atoms with Gasteiger partial charge in [-0.05, 0) is 36.8 Å². The molecule has 0 saturated carbocycles. The SMILES string of the molecule is COc1ccc(OC)c(CN2CCN(C(=O)NC(C)c3ccccc3Cl)CC2)c1. The van der Waals surface area contributed by atoms with Gasteiger partial charge in [0, 0.05) is 43.3 Å². The van der Waals surface area contributed by atoms with E-state index in [4.69, 9.17) is 21.1 Å². The van der Waals surface area contributed by atoms with Gasteiger partial charge in [-0.3, -0.25) is 4.90 Å². The van der Waals surface area contributed by atoms with Crippen molar-refractivity contribution < 1.29 is 14.3 Å². The van der Waals surface area contributed by atoms with Gasteiger partial charge in [0.15, 0.2) is 0 Å². The number of nitrogens with one attached hydrogen (secondary N) is 1. The highest BCUT2D eigenvalue weighted by atomic mass is 35.5. The summed E-state index contributed by atoms with van der Waals surface area (Å²) in [7, 11) is 3.33. The molecular weight excluding hydrogens is 390 g/mol. The van der Waals surface area contributed by atoms with Crippen molar-refractivity contribution >= 4 is 17.6 Å². The molecule has 1 aliphatic rings. The molecule has 3 rings (SSSR count). The number of urea groups is 1. The van der Waals surface area contributed by atoms with Crippen molar-refractivity contribution in [1.82, 2.24) is 15.1 Å². The molecule has 1 aliphatic heterocycles. The second-order valence-electron chi connectivity index (χ2n) is 7.13. The number of hydrogen-bond acceptors (Lipinski definition) is 4. The van der Waals surface area contributed by atoms with Crippen LogP contribution in [0.25, 0.3) is 0 Å². The largest absolute Gasteiger partial charge is 0.497 e. The second-order valence-corrected chi connectivity index (χ2v) is 7.54. The monoisotopic (exact) mass is 417 g/mol. The Labute approximate surface area is 177 Å². The van der Waals surface area contributed by atoms with Gasteiger partial charge in [-0.2, -0.15) is 0 Å². The maximum absolute atomic E-state index is 12.7. The molecule has 1 N–H and O–H groups in total. The zero-order valence-corrected chi connectivity index (χ0v) is 17.9. The second kappa shape index (κ2) is 9.85. The normalized spacial score (nSPS) is 15.7. The summed E-state index contributed by atoms with van der Waals surface area (Å²) in [5.41, 5.74) is 2.00. The van der Waals surface area contributed by atoms with E-state index in [9.17, 15) is 4.79 Å². The molecule has 2 aromatic rings. The maximum atomic E-state index is 12.7. The van der Waals surface area contributed by atoms with Crippen LogP contribution < -0.4 is 14.8 Å². The topological polar surface area (TPSA) is 54.0 Å². The number of hydrogen-bond donors (Lipinski definition) is 1. The van der Waals surface area contributed by atoms with E-state index in [0.29, 0.717) is 18.1 Å². The summed E-state index contributed by atoms with van der Waals surface area (Å²) < 4.78 is 10.8. The summed E-state index contributed by atoms with van der Waals surface area (Å²) in [5.74, 6) is 1.66. The number of ether oxygens (including phenoxy) is 2. The summed E-state index contributed by atoms with van der Waals surface area (Å²) in [5, 5.41) is 3.72. The lowest BCUT2D eigenvalue weighted by atomic mass is 10.1. The zero-order chi connectivity index (χ0) is 20.8. The van der Waals surface area contributed by atoms with Crippen molar-refractivity contribution in [2.24, 2.45) is 0 Å². The first-order chi connectivity index (χ1) is 14.0. The van der Waals surface area contributed by atoms with E-state index in [1.165, 1.54) is 0 Å². The molecule has 7 heteroatoms. The molecule has 156 valence electrons. The standard InChI is InChI=1S/C22H28ClN3O3/c1-16(19-6-4-5-7-20(19)23)24-22(27)26-12-10-25(11-13-26)15-17-14-18(28-2)8-9-21(17)29-3/h4-9,14,16H,10-13,15H2,1-3H3,(H,24,27). The molecule has 0 radical (unpaired) electrons. The van der Waals surface area contributed by atoms with Crippen LogP contribution in [0.15, 0.2) is 42.5 Å². The van der Waals surface area contributed by atoms with Crippen molar-refractivity contribution in [3.05, 3.63) is 58.6 Å². The van der Waals surface area contributed by atoms with Gasteiger partial charge in [-0.25, -0.2) is 4.79 Å². The summed E-state index contributed by atoms with van der Waals surface area (Å²) in [4.78, 5) is 16.8. The van der Waals surface area contributed by atoms with Crippen LogP contribution in [0.3, 0.4) is 0 Å². The fourth-order valence-corrected chi connectivity index (χ4v) is 3.84. The first-order valence-electron chi connectivity index (χ1n) is 9.75. The molecular formula is C22H28ClN3O3. The molecule has 1 fully saturated rings. The Kier molecular flexibility index (Phi) is 7.23. The van der Waals surface area contributed by atoms with E-state index >= 15 is 0 Å². The van der Waals surface area contributed by atoms with Crippen molar-refractivity contribution in [1.29, 1.82) is 0 Å². The minimum atomic E-state index is -0.143. The van der Waals surface area contributed by atoms with E-state index in [1.807, 2.05) is 54.3 Å². The number of benzene rings is 2. The fraction of sp³-hybridized carbons (Fsp3) is 0.409. The van der Waals surface area contributed by atoms with Gasteiger partial charge < -0.3 is 19.7 Å². The number of rotatable bonds is 6. The van der Waals surface area contributed by atoms with Crippen LogP contribution in [-0.4, -0.2) is 56.2 Å².